The molecule has 1 saturated heterocycles. The van der Waals surface area contributed by atoms with E-state index in [-0.39, 0.29) is 69.2 Å². The number of nitrogens with zero attached hydrogens (tertiary/aromatic N) is 1. The second-order valence-corrected chi connectivity index (χ2v) is 36.1. The van der Waals surface area contributed by atoms with Crippen molar-refractivity contribution in [2.75, 3.05) is 52.5 Å². The van der Waals surface area contributed by atoms with Gasteiger partial charge in [0.05, 0.1) is 52.0 Å². The van der Waals surface area contributed by atoms with Crippen molar-refractivity contribution in [3.05, 3.63) is 0 Å². The molecule has 0 unspecified atom stereocenters. The maximum absolute atomic E-state index is 14.4. The first-order chi connectivity index (χ1) is 64.3. The lowest BCUT2D eigenvalue weighted by Crippen LogP contribution is -2.61. The fourth-order valence-corrected chi connectivity index (χ4v) is 13.6. The van der Waals surface area contributed by atoms with Gasteiger partial charge in [0.1, 0.15) is 84.6 Å². The Morgan fingerprint density at radius 1 is 0.297 bits per heavy atom. The van der Waals surface area contributed by atoms with Gasteiger partial charge in [-0.3, -0.25) is 115 Å². The number of amides is 22. The van der Waals surface area contributed by atoms with Crippen molar-refractivity contribution in [2.45, 2.75) is 290 Å². The first kappa shape index (κ1) is 123. The molecule has 0 spiro atoms. The van der Waals surface area contributed by atoms with Gasteiger partial charge in [0.2, 0.25) is 130 Å². The standard InChI is InChI=1S/C85H143N23O30/c1-39(2)28-46(86)71(123)97-49(20-25-66(119)120)73(125)98-48(18-23-59(88)112)76(128)105-68(43(9)10)81(133)99-47(17-22-58(87)111)74(126)102-53(30-41(5)6)78(130)107-69(44(11)12)82(134)100-50(21-26-67(121)122)75(127)104-55(37-109)72(124)93-33-62(115)90-32-61(114)91-35-64(117)95-52(29-40(3)4)77(129)106-70(45(13)14)83(135)101-51(19-24-60(89)113)84(136)108-27-15-16-57(108)80(132)94-34-63(116)92-36-65(118)96-56(38-110)79(131)103-54(85(137)138)31-42(7)8/h39-57,68-70,109-110H,15-38,86H2,1-14H3,(H2,87,111)(H2,88,112)(H2,89,113)(H,90,115)(H,91,114)(H,92,116)(H,93,124)(H,94,132)(H,95,117)(H,96,118)(H,97,123)(H,98,125)(H,99,133)(H,100,134)(H,101,135)(H,102,126)(H,103,131)(H,104,127)(H,105,128)(H,106,129)(H,107,130)(H,119,120)(H,121,122)(H,137,138)/t46-,47-,48-,49-,50-,51-,52-,53-,54-,55-,56-,57-,68-,69-,70-/m0/s1. The number of nitrogens with two attached hydrogens (primary N) is 4. The van der Waals surface area contributed by atoms with Gasteiger partial charge in [-0.2, -0.15) is 0 Å². The minimum Gasteiger partial charge on any atom is -0.481 e. The zero-order chi connectivity index (χ0) is 105. The van der Waals surface area contributed by atoms with Gasteiger partial charge < -0.3 is 149 Å². The number of carboxylic acid groups (broad SMARTS) is 3. The number of aliphatic hydroxyl groups is 2. The highest BCUT2D eigenvalue weighted by atomic mass is 16.4. The van der Waals surface area contributed by atoms with E-state index in [1.54, 1.807) is 55.4 Å². The number of carbonyl (C=O) groups excluding carboxylic acids is 22. The SMILES string of the molecule is CC(C)C[C@H](NC(=O)[C@H](CO)NC(=O)CNC(=O)CNC(=O)[C@@H]1CCCN1C(=O)[C@H](CCC(N)=O)NC(=O)[C@@H](NC(=O)[C@H](CC(C)C)NC(=O)CNC(=O)CNC(=O)CNC(=O)[C@H](CO)NC(=O)[C@H](CCC(=O)O)NC(=O)[C@@H](NC(=O)[C@H](CC(C)C)NC(=O)[C@H](CCC(N)=O)NC(=O)[C@@H](NC(=O)[C@H](CCC(N)=O)NC(=O)[C@H](CCC(=O)O)NC(=O)[C@@H](N)CC(C)C)C(C)C)C(C)C)C(C)C)C(=O)O. The van der Waals surface area contributed by atoms with Crippen molar-refractivity contribution >= 4 is 148 Å². The van der Waals surface area contributed by atoms with Crippen LogP contribution in [0.1, 0.15) is 200 Å². The molecule has 1 fully saturated rings. The molecule has 1 heterocycles. The van der Waals surface area contributed by atoms with Crippen LogP contribution in [0.3, 0.4) is 0 Å². The molecule has 138 heavy (non-hydrogen) atoms. The molecule has 0 aromatic heterocycles. The molecule has 1 rings (SSSR count). The summed E-state index contributed by atoms with van der Waals surface area (Å²) in [5, 5.41) is 90.8. The molecule has 53 nitrogen and oxygen atoms in total. The summed E-state index contributed by atoms with van der Waals surface area (Å²) in [6, 6.07) is -23.1. The predicted molar refractivity (Wildman–Crippen MR) is 486 cm³/mol. The van der Waals surface area contributed by atoms with E-state index < -0.39 is 366 Å². The van der Waals surface area contributed by atoms with Gasteiger partial charge in [0, 0.05) is 38.6 Å². The van der Waals surface area contributed by atoms with Gasteiger partial charge in [-0.05, 0) is 112 Å². The predicted octanol–water partition coefficient (Wildman–Crippen LogP) is -10.1. The van der Waals surface area contributed by atoms with Crippen molar-refractivity contribution < 1.29 is 145 Å². The number of likely N-dealkylation sites (tertiary alicyclic amines) is 1. The molecule has 15 atom stereocenters. The Balaban J connectivity index is 3.22. The van der Waals surface area contributed by atoms with E-state index in [4.69, 9.17) is 22.9 Å². The minimum absolute atomic E-state index is 0.0375. The molecule has 1 aliphatic rings. The van der Waals surface area contributed by atoms with Crippen molar-refractivity contribution in [3.8, 4) is 0 Å². The molecule has 0 saturated carbocycles. The number of primary amides is 3. The van der Waals surface area contributed by atoms with Crippen molar-refractivity contribution in [2.24, 2.45) is 64.4 Å². The first-order valence-electron chi connectivity index (χ1n) is 45.4. The molecule has 53 heteroatoms. The molecule has 0 aromatic carbocycles. The number of nitrogens with one attached hydrogen (secondary N) is 18. The minimum atomic E-state index is -1.91. The second-order valence-electron chi connectivity index (χ2n) is 36.1. The van der Waals surface area contributed by atoms with Crippen LogP contribution in [-0.2, 0) is 120 Å². The lowest BCUT2D eigenvalue weighted by molar-refractivity contribution is -0.143. The first-order valence-corrected chi connectivity index (χ1v) is 45.4. The zero-order valence-electron chi connectivity index (χ0n) is 80.4. The molecule has 22 amide bonds. The number of carbonyl (C=O) groups is 25. The molecular formula is C85H143N23O30. The lowest BCUT2D eigenvalue weighted by Gasteiger charge is -2.31. The maximum atomic E-state index is 14.4. The van der Waals surface area contributed by atoms with Crippen molar-refractivity contribution in [3.63, 3.8) is 0 Å². The summed E-state index contributed by atoms with van der Waals surface area (Å²) >= 11 is 0. The smallest absolute Gasteiger partial charge is 0.326 e. The number of rotatable bonds is 66. The average molecular weight is 1970 g/mol. The highest BCUT2D eigenvalue weighted by molar-refractivity contribution is 6.02. The summed E-state index contributed by atoms with van der Waals surface area (Å²) in [6.45, 7) is 16.4. The molecule has 0 aromatic rings. The third-order valence-electron chi connectivity index (χ3n) is 21.0. The van der Waals surface area contributed by atoms with Crippen molar-refractivity contribution in [1.29, 1.82) is 0 Å². The average Bonchev–Trinajstić information content (AvgIpc) is 1.68. The normalized spacial score (nSPS) is 15.4. The van der Waals surface area contributed by atoms with Crippen LogP contribution in [0.15, 0.2) is 0 Å². The van der Waals surface area contributed by atoms with Crippen LogP contribution < -0.4 is 119 Å². The number of aliphatic hydroxyl groups excluding tert-OH is 2. The Bertz CT molecular complexity index is 4260. The van der Waals surface area contributed by atoms with Crippen LogP contribution in [0.2, 0.25) is 0 Å². The summed E-state index contributed by atoms with van der Waals surface area (Å²) in [7, 11) is 0. The summed E-state index contributed by atoms with van der Waals surface area (Å²) < 4.78 is 0. The van der Waals surface area contributed by atoms with Crippen LogP contribution in [0, 0.1) is 41.4 Å². The number of aliphatic carboxylic acids is 3. The fraction of sp³-hybridized carbons (Fsp3) is 0.706. The van der Waals surface area contributed by atoms with Gasteiger partial charge in [0.25, 0.3) is 0 Å². The summed E-state index contributed by atoms with van der Waals surface area (Å²) in [6.07, 6.45) is -5.13. The third kappa shape index (κ3) is 47.9. The Morgan fingerprint density at radius 2 is 0.572 bits per heavy atom. The summed E-state index contributed by atoms with van der Waals surface area (Å²) in [5.74, 6) is -29.5. The van der Waals surface area contributed by atoms with E-state index in [1.807, 2.05) is 0 Å². The van der Waals surface area contributed by atoms with Crippen LogP contribution >= 0.6 is 0 Å². The fourth-order valence-electron chi connectivity index (χ4n) is 13.6. The molecular weight excluding hydrogens is 1820 g/mol. The van der Waals surface area contributed by atoms with Gasteiger partial charge in [-0.1, -0.05) is 96.9 Å². The quantitative estimate of drug-likeness (QED) is 0.0269. The highest BCUT2D eigenvalue weighted by Crippen LogP contribution is 2.22. The van der Waals surface area contributed by atoms with Gasteiger partial charge in [-0.25, -0.2) is 4.79 Å². The van der Waals surface area contributed by atoms with Gasteiger partial charge in [-0.15, -0.1) is 0 Å². The topological polar surface area (TPSA) is 852 Å². The molecule has 0 radical (unpaired) electrons. The molecule has 778 valence electrons. The van der Waals surface area contributed by atoms with E-state index in [0.29, 0.717) is 0 Å². The Morgan fingerprint density at radius 3 is 0.935 bits per heavy atom. The van der Waals surface area contributed by atoms with Crippen molar-refractivity contribution in [1.82, 2.24) is 101 Å². The Hall–Kier alpha value is -13.4. The van der Waals surface area contributed by atoms with Crippen LogP contribution in [0.5, 0.6) is 0 Å². The summed E-state index contributed by atoms with van der Waals surface area (Å²) in [5.41, 5.74) is 22.3. The number of hydrogen-bond donors (Lipinski definition) is 27. The molecule has 1 aliphatic heterocycles. The van der Waals surface area contributed by atoms with E-state index in [1.165, 1.54) is 41.5 Å². The maximum Gasteiger partial charge on any atom is 0.326 e. The largest absolute Gasteiger partial charge is 0.481 e. The lowest BCUT2D eigenvalue weighted by atomic mass is 9.98. The number of carboxylic acids is 3. The Labute approximate surface area is 797 Å². The third-order valence-corrected chi connectivity index (χ3v) is 21.0. The highest BCUT2D eigenvalue weighted by Gasteiger charge is 2.42. The van der Waals surface area contributed by atoms with E-state index in [9.17, 15) is 145 Å². The molecule has 31 N–H and O–H groups in total. The Kier molecular flexibility index (Phi) is 55.4. The van der Waals surface area contributed by atoms with Gasteiger partial charge in [0.15, 0.2) is 0 Å². The summed E-state index contributed by atoms with van der Waals surface area (Å²) in [4.78, 5) is 331. The van der Waals surface area contributed by atoms with Gasteiger partial charge >= 0.3 is 17.9 Å². The molecule has 0 bridgehead atoms. The van der Waals surface area contributed by atoms with E-state index in [2.05, 4.69) is 95.7 Å². The second kappa shape index (κ2) is 62.4. The molecule has 0 aliphatic carbocycles. The van der Waals surface area contributed by atoms with Crippen LogP contribution in [0.25, 0.3) is 0 Å². The number of hydrogen-bond acceptors (Lipinski definition) is 28. The monoisotopic (exact) mass is 1970 g/mol. The zero-order valence-corrected chi connectivity index (χ0v) is 80.4. The van der Waals surface area contributed by atoms with E-state index in [0.717, 1.165) is 4.90 Å². The van der Waals surface area contributed by atoms with E-state index >= 15 is 0 Å². The van der Waals surface area contributed by atoms with Crippen LogP contribution in [-0.4, -0.2) is 321 Å². The van der Waals surface area contributed by atoms with Crippen LogP contribution in [0.4, 0.5) is 0 Å².